The molecule has 0 aliphatic heterocycles. The van der Waals surface area contributed by atoms with Crippen LogP contribution in [0.4, 0.5) is 18.9 Å². The predicted molar refractivity (Wildman–Crippen MR) is 88.3 cm³/mol. The molecule has 0 unspecified atom stereocenters. The van der Waals surface area contributed by atoms with Crippen molar-refractivity contribution in [3.63, 3.8) is 0 Å². The van der Waals surface area contributed by atoms with Gasteiger partial charge in [0.15, 0.2) is 0 Å². The maximum atomic E-state index is 12.7. The van der Waals surface area contributed by atoms with Crippen LogP contribution in [0.3, 0.4) is 0 Å². The van der Waals surface area contributed by atoms with Gasteiger partial charge in [-0.15, -0.1) is 11.3 Å². The molecular weight excluding hydrogens is 368 g/mol. The smallest absolute Gasteiger partial charge is 0.399 e. The lowest BCUT2D eigenvalue weighted by Crippen LogP contribution is -2.03. The molecule has 0 saturated carbocycles. The van der Waals surface area contributed by atoms with Gasteiger partial charge in [0.1, 0.15) is 0 Å². The number of rotatable bonds is 2. The normalized spacial score (nSPS) is 12.0. The van der Waals surface area contributed by atoms with Crippen molar-refractivity contribution >= 4 is 50.4 Å². The molecule has 2 N–H and O–H groups in total. The van der Waals surface area contributed by atoms with Gasteiger partial charge in [0.05, 0.1) is 20.8 Å². The highest BCUT2D eigenvalue weighted by molar-refractivity contribution is 7.18. The fourth-order valence-electron chi connectivity index (χ4n) is 2.17. The Morgan fingerprint density at radius 1 is 1.09 bits per heavy atom. The van der Waals surface area contributed by atoms with Crippen LogP contribution in [0.25, 0.3) is 10.2 Å². The summed E-state index contributed by atoms with van der Waals surface area (Å²) in [5.74, 6) is 0. The van der Waals surface area contributed by atoms with Crippen molar-refractivity contribution in [3.8, 4) is 0 Å². The Hall–Kier alpha value is -1.50. The lowest BCUT2D eigenvalue weighted by atomic mass is 10.1. The number of fused-ring (bicyclic) bond motifs is 1. The number of thiazole rings is 1. The molecule has 0 amide bonds. The summed E-state index contributed by atoms with van der Waals surface area (Å²) >= 11 is 13.6. The first-order valence-electron chi connectivity index (χ1n) is 6.44. The summed E-state index contributed by atoms with van der Waals surface area (Å²) < 4.78 is 38.9. The number of anilines is 1. The average molecular weight is 377 g/mol. The van der Waals surface area contributed by atoms with Gasteiger partial charge in [-0.05, 0) is 35.9 Å². The van der Waals surface area contributed by atoms with Gasteiger partial charge in [-0.1, -0.05) is 23.2 Å². The number of halogens is 5. The average Bonchev–Trinajstić information content (AvgIpc) is 2.83. The maximum absolute atomic E-state index is 12.7. The van der Waals surface area contributed by atoms with E-state index in [-0.39, 0.29) is 0 Å². The fourth-order valence-corrected chi connectivity index (χ4v) is 3.77. The van der Waals surface area contributed by atoms with Crippen molar-refractivity contribution < 1.29 is 13.2 Å². The molecule has 23 heavy (non-hydrogen) atoms. The third-order valence-corrected chi connectivity index (χ3v) is 4.96. The van der Waals surface area contributed by atoms with E-state index in [0.717, 1.165) is 12.1 Å². The van der Waals surface area contributed by atoms with Gasteiger partial charge in [0, 0.05) is 22.2 Å². The van der Waals surface area contributed by atoms with Gasteiger partial charge in [-0.2, -0.15) is 13.2 Å². The van der Waals surface area contributed by atoms with E-state index in [1.165, 1.54) is 17.4 Å². The van der Waals surface area contributed by atoms with Crippen LogP contribution >= 0.6 is 34.5 Å². The van der Waals surface area contributed by atoms with E-state index in [1.807, 2.05) is 0 Å². The zero-order valence-corrected chi connectivity index (χ0v) is 13.7. The summed E-state index contributed by atoms with van der Waals surface area (Å²) in [7, 11) is 0. The Bertz CT molecular complexity index is 867. The molecule has 120 valence electrons. The second-order valence-electron chi connectivity index (χ2n) is 4.93. The molecule has 0 bridgehead atoms. The van der Waals surface area contributed by atoms with E-state index < -0.39 is 11.7 Å². The Kier molecular flexibility index (Phi) is 4.16. The van der Waals surface area contributed by atoms with E-state index in [4.69, 9.17) is 28.9 Å². The van der Waals surface area contributed by atoms with Gasteiger partial charge in [-0.25, -0.2) is 4.98 Å². The highest BCUT2D eigenvalue weighted by Gasteiger charge is 2.30. The molecule has 3 aromatic rings. The van der Waals surface area contributed by atoms with Gasteiger partial charge in [0.25, 0.3) is 0 Å². The molecule has 0 radical (unpaired) electrons. The zero-order chi connectivity index (χ0) is 16.8. The van der Waals surface area contributed by atoms with Gasteiger partial charge >= 0.3 is 6.18 Å². The molecule has 3 rings (SSSR count). The predicted octanol–water partition coefficient (Wildman–Crippen LogP) is 5.79. The minimum atomic E-state index is -4.39. The van der Waals surface area contributed by atoms with Crippen LogP contribution in [0.15, 0.2) is 30.3 Å². The molecule has 0 aliphatic carbocycles. The molecule has 0 atom stereocenters. The lowest BCUT2D eigenvalue weighted by molar-refractivity contribution is -0.137. The molecule has 0 aliphatic rings. The van der Waals surface area contributed by atoms with E-state index in [0.29, 0.717) is 42.9 Å². The summed E-state index contributed by atoms with van der Waals surface area (Å²) in [5, 5.41) is 1.45. The number of nitrogen functional groups attached to an aromatic ring is 1. The molecule has 1 aromatic heterocycles. The van der Waals surface area contributed by atoms with Crippen molar-refractivity contribution in [2.75, 3.05) is 5.73 Å². The first-order valence-corrected chi connectivity index (χ1v) is 8.01. The Morgan fingerprint density at radius 3 is 2.35 bits per heavy atom. The van der Waals surface area contributed by atoms with Crippen LogP contribution in [0.1, 0.15) is 16.1 Å². The molecule has 0 spiro atoms. The first kappa shape index (κ1) is 16.4. The zero-order valence-electron chi connectivity index (χ0n) is 11.4. The van der Waals surface area contributed by atoms with E-state index in [1.54, 1.807) is 12.1 Å². The SMILES string of the molecule is Nc1cc(Cl)c(Cc2nc3cc(C(F)(F)F)ccc3s2)c(Cl)c1. The number of aromatic nitrogens is 1. The van der Waals surface area contributed by atoms with Crippen LogP contribution in [0.2, 0.25) is 10.0 Å². The number of benzene rings is 2. The number of hydrogen-bond donors (Lipinski definition) is 1. The van der Waals surface area contributed by atoms with Crippen LogP contribution in [-0.2, 0) is 12.6 Å². The van der Waals surface area contributed by atoms with Crippen molar-refractivity contribution in [1.82, 2.24) is 4.98 Å². The Balaban J connectivity index is 1.99. The maximum Gasteiger partial charge on any atom is 0.416 e. The second-order valence-corrected chi connectivity index (χ2v) is 6.86. The number of nitrogens with two attached hydrogens (primary N) is 1. The molecule has 0 saturated heterocycles. The summed E-state index contributed by atoms with van der Waals surface area (Å²) in [5.41, 5.74) is 6.34. The number of hydrogen-bond acceptors (Lipinski definition) is 3. The van der Waals surface area contributed by atoms with Crippen molar-refractivity contribution in [1.29, 1.82) is 0 Å². The lowest BCUT2D eigenvalue weighted by Gasteiger charge is -2.06. The molecule has 0 fully saturated rings. The number of alkyl halides is 3. The third kappa shape index (κ3) is 3.39. The second kappa shape index (κ2) is 5.85. The Labute approximate surface area is 143 Å². The van der Waals surface area contributed by atoms with Crippen molar-refractivity contribution in [2.45, 2.75) is 12.6 Å². The minimum absolute atomic E-state index is 0.308. The summed E-state index contributed by atoms with van der Waals surface area (Å²) in [6, 6.07) is 6.68. The molecule has 2 nitrogen and oxygen atoms in total. The summed E-state index contributed by atoms with van der Waals surface area (Å²) in [6.07, 6.45) is -4.06. The van der Waals surface area contributed by atoms with Crippen molar-refractivity contribution in [2.24, 2.45) is 0 Å². The Morgan fingerprint density at radius 2 is 1.74 bits per heavy atom. The van der Waals surface area contributed by atoms with E-state index in [9.17, 15) is 13.2 Å². The van der Waals surface area contributed by atoms with Crippen LogP contribution in [-0.4, -0.2) is 4.98 Å². The monoisotopic (exact) mass is 376 g/mol. The van der Waals surface area contributed by atoms with E-state index in [2.05, 4.69) is 4.98 Å². The van der Waals surface area contributed by atoms with Gasteiger partial charge in [-0.3, -0.25) is 0 Å². The van der Waals surface area contributed by atoms with Crippen LogP contribution < -0.4 is 5.73 Å². The molecule has 8 heteroatoms. The van der Waals surface area contributed by atoms with Gasteiger partial charge < -0.3 is 5.73 Å². The molecule has 1 heterocycles. The summed E-state index contributed by atoms with van der Waals surface area (Å²) in [4.78, 5) is 4.26. The number of nitrogens with zero attached hydrogens (tertiary/aromatic N) is 1. The van der Waals surface area contributed by atoms with E-state index >= 15 is 0 Å². The molecular formula is C15H9Cl2F3N2S. The third-order valence-electron chi connectivity index (χ3n) is 3.25. The summed E-state index contributed by atoms with van der Waals surface area (Å²) in [6.45, 7) is 0. The highest BCUT2D eigenvalue weighted by atomic mass is 35.5. The largest absolute Gasteiger partial charge is 0.416 e. The standard InChI is InChI=1S/C15H9Cl2F3N2S/c16-10-4-8(21)5-11(17)9(10)6-14-22-12-3-7(15(18,19)20)1-2-13(12)23-14/h1-5H,6,21H2. The minimum Gasteiger partial charge on any atom is -0.399 e. The quantitative estimate of drug-likeness (QED) is 0.574. The highest BCUT2D eigenvalue weighted by Crippen LogP contribution is 2.35. The first-order chi connectivity index (χ1) is 10.7. The van der Waals surface area contributed by atoms with Crippen LogP contribution in [0, 0.1) is 0 Å². The molecule has 2 aromatic carbocycles. The van der Waals surface area contributed by atoms with Crippen molar-refractivity contribution in [3.05, 3.63) is 56.5 Å². The fraction of sp³-hybridized carbons (Fsp3) is 0.133. The topological polar surface area (TPSA) is 38.9 Å². The van der Waals surface area contributed by atoms with Gasteiger partial charge in [0.2, 0.25) is 0 Å². The van der Waals surface area contributed by atoms with Crippen LogP contribution in [0.5, 0.6) is 0 Å².